The van der Waals surface area contributed by atoms with Crippen molar-refractivity contribution in [3.05, 3.63) is 35.8 Å². The molecule has 8 heteroatoms. The Kier molecular flexibility index (Phi) is 5.30. The lowest BCUT2D eigenvalue weighted by Crippen LogP contribution is -2.32. The highest BCUT2D eigenvalue weighted by Gasteiger charge is 2.48. The van der Waals surface area contributed by atoms with E-state index in [-0.39, 0.29) is 29.1 Å². The zero-order valence-electron chi connectivity index (χ0n) is 20.3. The van der Waals surface area contributed by atoms with Crippen molar-refractivity contribution in [1.29, 1.82) is 0 Å². The van der Waals surface area contributed by atoms with Gasteiger partial charge in [0.25, 0.3) is 5.91 Å². The molecule has 2 fully saturated rings. The van der Waals surface area contributed by atoms with Crippen molar-refractivity contribution < 1.29 is 14.4 Å². The van der Waals surface area contributed by atoms with E-state index in [1.807, 2.05) is 27.7 Å². The van der Waals surface area contributed by atoms with E-state index in [4.69, 9.17) is 5.73 Å². The molecule has 8 nitrogen and oxygen atoms in total. The summed E-state index contributed by atoms with van der Waals surface area (Å²) in [6.45, 7) is 10.3. The molecule has 2 aromatic heterocycles. The molecule has 3 amide bonds. The van der Waals surface area contributed by atoms with Crippen LogP contribution in [0.3, 0.4) is 0 Å². The van der Waals surface area contributed by atoms with Gasteiger partial charge in [0.15, 0.2) is 0 Å². The summed E-state index contributed by atoms with van der Waals surface area (Å²) in [5.74, 6) is 1.06. The number of hydrogen-bond donors (Lipinski definition) is 2. The molecule has 3 N–H and O–H groups in total. The zero-order chi connectivity index (χ0) is 24.4. The fourth-order valence-corrected chi connectivity index (χ4v) is 6.42. The molecule has 0 radical (unpaired) electrons. The first-order chi connectivity index (χ1) is 16.0. The van der Waals surface area contributed by atoms with Crippen molar-refractivity contribution in [2.75, 3.05) is 18.4 Å². The van der Waals surface area contributed by atoms with Crippen LogP contribution in [0.4, 0.5) is 5.82 Å². The van der Waals surface area contributed by atoms with Crippen molar-refractivity contribution in [3.8, 4) is 11.1 Å². The first kappa shape index (κ1) is 22.6. The second kappa shape index (κ2) is 7.96. The van der Waals surface area contributed by atoms with Gasteiger partial charge in [-0.25, -0.2) is 4.98 Å². The summed E-state index contributed by atoms with van der Waals surface area (Å²) >= 11 is 0. The van der Waals surface area contributed by atoms with Crippen LogP contribution in [0.15, 0.2) is 24.4 Å². The number of carbonyl (C=O) groups excluding carboxylic acids is 3. The topological polar surface area (TPSA) is 110 Å². The number of anilines is 1. The Balaban J connectivity index is 1.35. The molecule has 4 atom stereocenters. The van der Waals surface area contributed by atoms with Crippen LogP contribution in [-0.2, 0) is 22.6 Å². The Morgan fingerprint density at radius 2 is 1.97 bits per heavy atom. The average Bonchev–Trinajstić information content (AvgIpc) is 3.47. The minimum atomic E-state index is -0.433. The minimum absolute atomic E-state index is 0.0120. The lowest BCUT2D eigenvalue weighted by Gasteiger charge is -2.22. The number of carbonyl (C=O) groups is 3. The number of likely N-dealkylation sites (tertiary alicyclic amines) is 1. The fourth-order valence-electron chi connectivity index (χ4n) is 6.42. The third-order valence-electron chi connectivity index (χ3n) is 8.16. The van der Waals surface area contributed by atoms with Crippen LogP contribution in [0.25, 0.3) is 11.1 Å². The number of nitrogens with one attached hydrogen (secondary N) is 1. The molecule has 0 unspecified atom stereocenters. The summed E-state index contributed by atoms with van der Waals surface area (Å²) < 4.78 is 2.03. The largest absolute Gasteiger partial charge is 0.364 e. The van der Waals surface area contributed by atoms with E-state index < -0.39 is 5.91 Å². The summed E-state index contributed by atoms with van der Waals surface area (Å²) in [4.78, 5) is 43.3. The summed E-state index contributed by atoms with van der Waals surface area (Å²) in [5, 5.41) is 3.03. The van der Waals surface area contributed by atoms with E-state index in [0.29, 0.717) is 23.3 Å². The average molecular weight is 464 g/mol. The van der Waals surface area contributed by atoms with Gasteiger partial charge in [-0.05, 0) is 59.8 Å². The van der Waals surface area contributed by atoms with Crippen LogP contribution in [0.1, 0.15) is 50.3 Å². The molecule has 1 saturated heterocycles. The molecule has 34 heavy (non-hydrogen) atoms. The van der Waals surface area contributed by atoms with Crippen LogP contribution < -0.4 is 11.1 Å². The van der Waals surface area contributed by atoms with Gasteiger partial charge in [0.1, 0.15) is 11.5 Å². The van der Waals surface area contributed by atoms with E-state index in [0.717, 1.165) is 49.3 Å². The van der Waals surface area contributed by atoms with Gasteiger partial charge >= 0.3 is 0 Å². The van der Waals surface area contributed by atoms with Crippen LogP contribution in [0, 0.1) is 29.1 Å². The summed E-state index contributed by atoms with van der Waals surface area (Å²) in [6, 6.07) is 5.64. The van der Waals surface area contributed by atoms with Crippen LogP contribution in [-0.4, -0.2) is 45.3 Å². The van der Waals surface area contributed by atoms with Gasteiger partial charge in [0, 0.05) is 49.9 Å². The Morgan fingerprint density at radius 1 is 1.21 bits per heavy atom. The molecule has 1 saturated carbocycles. The molecule has 2 aromatic rings. The van der Waals surface area contributed by atoms with Crippen LogP contribution in [0.2, 0.25) is 0 Å². The lowest BCUT2D eigenvalue weighted by atomic mass is 9.89. The zero-order valence-corrected chi connectivity index (χ0v) is 20.3. The number of fused-ring (bicyclic) bond motifs is 2. The summed E-state index contributed by atoms with van der Waals surface area (Å²) in [6.07, 6.45) is 3.33. The van der Waals surface area contributed by atoms with E-state index in [9.17, 15) is 14.4 Å². The number of primary amides is 1. The maximum Gasteiger partial charge on any atom is 0.265 e. The molecule has 0 spiro atoms. The Hall–Kier alpha value is -3.16. The monoisotopic (exact) mass is 463 g/mol. The predicted molar refractivity (Wildman–Crippen MR) is 129 cm³/mol. The lowest BCUT2D eigenvalue weighted by molar-refractivity contribution is -0.128. The molecule has 0 bridgehead atoms. The highest BCUT2D eigenvalue weighted by Crippen LogP contribution is 2.46. The van der Waals surface area contributed by atoms with Crippen molar-refractivity contribution >= 4 is 23.5 Å². The minimum Gasteiger partial charge on any atom is -0.364 e. The summed E-state index contributed by atoms with van der Waals surface area (Å²) in [5.41, 5.74) is 9.19. The van der Waals surface area contributed by atoms with Gasteiger partial charge < -0.3 is 20.5 Å². The van der Waals surface area contributed by atoms with Crippen molar-refractivity contribution in [3.63, 3.8) is 0 Å². The highest BCUT2D eigenvalue weighted by molar-refractivity contribution is 5.95. The van der Waals surface area contributed by atoms with Crippen LogP contribution >= 0.6 is 0 Å². The van der Waals surface area contributed by atoms with Gasteiger partial charge in [0.2, 0.25) is 11.8 Å². The van der Waals surface area contributed by atoms with Gasteiger partial charge in [-0.3, -0.25) is 14.4 Å². The van der Waals surface area contributed by atoms with Crippen LogP contribution in [0.5, 0.6) is 0 Å². The second-order valence-corrected chi connectivity index (χ2v) is 11.1. The Labute approximate surface area is 199 Å². The molecule has 0 aromatic carbocycles. The first-order valence-corrected chi connectivity index (χ1v) is 12.1. The van der Waals surface area contributed by atoms with E-state index in [2.05, 4.69) is 31.1 Å². The van der Waals surface area contributed by atoms with E-state index in [1.54, 1.807) is 13.1 Å². The van der Waals surface area contributed by atoms with Gasteiger partial charge in [-0.2, -0.15) is 0 Å². The highest BCUT2D eigenvalue weighted by atomic mass is 16.2. The fraction of sp³-hybridized carbons (Fsp3) is 0.538. The number of rotatable bonds is 4. The molecule has 4 heterocycles. The molecular formula is C26H33N5O3. The number of nitrogens with two attached hydrogens (primary N) is 1. The smallest absolute Gasteiger partial charge is 0.265 e. The molecular weight excluding hydrogens is 430 g/mol. The first-order valence-electron chi connectivity index (χ1n) is 12.1. The Morgan fingerprint density at radius 3 is 2.65 bits per heavy atom. The third-order valence-corrected chi connectivity index (χ3v) is 8.16. The van der Waals surface area contributed by atoms with Crippen molar-refractivity contribution in [1.82, 2.24) is 14.5 Å². The quantitative estimate of drug-likeness (QED) is 0.726. The van der Waals surface area contributed by atoms with Crippen molar-refractivity contribution in [2.24, 2.45) is 34.8 Å². The van der Waals surface area contributed by atoms with Gasteiger partial charge in [-0.1, -0.05) is 20.8 Å². The van der Waals surface area contributed by atoms with E-state index >= 15 is 0 Å². The number of nitrogens with zero attached hydrogens (tertiary/aromatic N) is 3. The van der Waals surface area contributed by atoms with Gasteiger partial charge in [0.05, 0.1) is 0 Å². The summed E-state index contributed by atoms with van der Waals surface area (Å²) in [7, 11) is 0. The predicted octanol–water partition coefficient (Wildman–Crippen LogP) is 2.92. The molecule has 3 aliphatic rings. The maximum atomic E-state index is 13.2. The Bertz CT molecular complexity index is 1180. The SMILES string of the molecule is CC(=O)N1C[C@H]2C[C@H](C(=O)Nc3cc(-c4cc(C(N)=O)n5c4CC(C)(C)C5)ccn3)[C@@H](C)[C@H]2C1. The maximum absolute atomic E-state index is 13.2. The normalized spacial score (nSPS) is 26.9. The molecule has 180 valence electrons. The molecule has 1 aliphatic carbocycles. The molecule has 2 aliphatic heterocycles. The third kappa shape index (κ3) is 3.79. The number of hydrogen-bond acceptors (Lipinski definition) is 4. The number of pyridine rings is 1. The number of amides is 3. The number of aromatic nitrogens is 2. The second-order valence-electron chi connectivity index (χ2n) is 11.1. The molecule has 5 rings (SSSR count). The van der Waals surface area contributed by atoms with Crippen molar-refractivity contribution in [2.45, 2.75) is 47.1 Å². The van der Waals surface area contributed by atoms with Gasteiger partial charge in [-0.15, -0.1) is 0 Å². The van der Waals surface area contributed by atoms with E-state index in [1.165, 1.54) is 0 Å². The standard InChI is InChI=1S/C26H33N5O3/c1-14-18(7-17-11-30(15(2)32)12-20(14)17)25(34)29-23-8-16(5-6-28-23)19-9-21(24(27)33)31-13-26(3,4)10-22(19)31/h5-6,8-9,14,17-18,20H,7,10-13H2,1-4H3,(H2,27,33)(H,28,29,34)/t14-,17-,18+,20-/m1/s1.